The SMILES string of the molecule is CC(=O)N(NCc1cccc(F)c1Cl)[C@@H](CCC(=O)N1CCN[C@@H](C)C1)COC(=O)Nc1cc2ccccc2cn1. The van der Waals surface area contributed by atoms with E-state index in [1.807, 2.05) is 31.2 Å². The summed E-state index contributed by atoms with van der Waals surface area (Å²) in [4.78, 5) is 44.4. The molecule has 218 valence electrons. The first kappa shape index (κ1) is 30.2. The van der Waals surface area contributed by atoms with Crippen molar-refractivity contribution in [2.24, 2.45) is 0 Å². The second kappa shape index (κ2) is 14.2. The lowest BCUT2D eigenvalue weighted by molar-refractivity contribution is -0.138. The highest BCUT2D eigenvalue weighted by Crippen LogP contribution is 2.20. The van der Waals surface area contributed by atoms with Crippen molar-refractivity contribution in [3.05, 3.63) is 71.1 Å². The molecule has 0 unspecified atom stereocenters. The summed E-state index contributed by atoms with van der Waals surface area (Å²) in [6.45, 7) is 5.10. The van der Waals surface area contributed by atoms with Crippen LogP contribution >= 0.6 is 11.6 Å². The van der Waals surface area contributed by atoms with Gasteiger partial charge < -0.3 is 15.0 Å². The van der Waals surface area contributed by atoms with E-state index < -0.39 is 18.0 Å². The summed E-state index contributed by atoms with van der Waals surface area (Å²) in [6.07, 6.45) is 1.26. The van der Waals surface area contributed by atoms with Crippen molar-refractivity contribution >= 4 is 46.1 Å². The van der Waals surface area contributed by atoms with Crippen LogP contribution in [0.1, 0.15) is 32.3 Å². The predicted molar refractivity (Wildman–Crippen MR) is 155 cm³/mol. The summed E-state index contributed by atoms with van der Waals surface area (Å²) in [6, 6.07) is 13.2. The van der Waals surface area contributed by atoms with Crippen LogP contribution in [0.15, 0.2) is 54.7 Å². The van der Waals surface area contributed by atoms with Gasteiger partial charge >= 0.3 is 6.09 Å². The summed E-state index contributed by atoms with van der Waals surface area (Å²) >= 11 is 6.10. The van der Waals surface area contributed by atoms with E-state index in [0.717, 1.165) is 10.8 Å². The molecular weight excluding hydrogens is 551 g/mol. The molecule has 0 spiro atoms. The summed E-state index contributed by atoms with van der Waals surface area (Å²) in [5.41, 5.74) is 3.43. The van der Waals surface area contributed by atoms with Crippen molar-refractivity contribution in [2.75, 3.05) is 31.6 Å². The lowest BCUT2D eigenvalue weighted by Gasteiger charge is -2.34. The van der Waals surface area contributed by atoms with Gasteiger partial charge in [-0.25, -0.2) is 19.6 Å². The van der Waals surface area contributed by atoms with Gasteiger partial charge in [-0.2, -0.15) is 0 Å². The molecule has 3 N–H and O–H groups in total. The lowest BCUT2D eigenvalue weighted by Crippen LogP contribution is -2.53. The Hall–Kier alpha value is -3.80. The minimum Gasteiger partial charge on any atom is -0.447 e. The summed E-state index contributed by atoms with van der Waals surface area (Å²) in [5.74, 6) is -0.679. The van der Waals surface area contributed by atoms with Crippen LogP contribution in [0.3, 0.4) is 0 Å². The smallest absolute Gasteiger partial charge is 0.412 e. The molecule has 1 aliphatic heterocycles. The highest BCUT2D eigenvalue weighted by Gasteiger charge is 2.27. The van der Waals surface area contributed by atoms with E-state index in [1.165, 1.54) is 24.1 Å². The number of ether oxygens (including phenoxy) is 1. The Kier molecular flexibility index (Phi) is 10.4. The van der Waals surface area contributed by atoms with Crippen LogP contribution < -0.4 is 16.1 Å². The largest absolute Gasteiger partial charge is 0.447 e. The van der Waals surface area contributed by atoms with E-state index in [-0.39, 0.29) is 48.9 Å². The topological polar surface area (TPSA) is 116 Å². The maximum absolute atomic E-state index is 14.0. The quantitative estimate of drug-likeness (QED) is 0.307. The molecular formula is C29H34ClFN6O4. The average molecular weight is 585 g/mol. The van der Waals surface area contributed by atoms with Gasteiger partial charge in [-0.15, -0.1) is 0 Å². The first-order valence-electron chi connectivity index (χ1n) is 13.5. The zero-order chi connectivity index (χ0) is 29.4. The fourth-order valence-corrected chi connectivity index (χ4v) is 4.90. The van der Waals surface area contributed by atoms with Gasteiger partial charge in [-0.1, -0.05) is 48.0 Å². The minimum atomic E-state index is -0.753. The average Bonchev–Trinajstić information content (AvgIpc) is 2.95. The number of hydrogen-bond donors (Lipinski definition) is 3. The number of nitrogens with one attached hydrogen (secondary N) is 3. The fraction of sp³-hybridized carbons (Fsp3) is 0.379. The minimum absolute atomic E-state index is 0.0448. The molecule has 3 aromatic rings. The monoisotopic (exact) mass is 584 g/mol. The number of hydrogen-bond acceptors (Lipinski definition) is 7. The Morgan fingerprint density at radius 1 is 1.22 bits per heavy atom. The first-order valence-corrected chi connectivity index (χ1v) is 13.8. The van der Waals surface area contributed by atoms with Gasteiger partial charge in [0.15, 0.2) is 0 Å². The van der Waals surface area contributed by atoms with Crippen molar-refractivity contribution < 1.29 is 23.5 Å². The number of piperazine rings is 1. The standard InChI is InChI=1S/C29H34ClFN6O4/c1-19-17-36(13-12-32-19)27(39)11-10-24(37(20(2)38)34-16-23-8-5-9-25(31)28(23)30)18-41-29(40)35-26-14-21-6-3-4-7-22(21)15-33-26/h3-9,14-15,19,24,32,34H,10-13,16-18H2,1-2H3,(H,33,35,40)/t19-,24-/m0/s1. The van der Waals surface area contributed by atoms with E-state index in [4.69, 9.17) is 16.3 Å². The van der Waals surface area contributed by atoms with Crippen molar-refractivity contribution in [3.8, 4) is 0 Å². The lowest BCUT2D eigenvalue weighted by atomic mass is 10.1. The number of carbonyl (C=O) groups excluding carboxylic acids is 3. The third-order valence-electron chi connectivity index (χ3n) is 6.86. The van der Waals surface area contributed by atoms with Gasteiger partial charge in [0.2, 0.25) is 11.8 Å². The molecule has 3 amide bonds. The van der Waals surface area contributed by atoms with Gasteiger partial charge in [-0.05, 0) is 36.4 Å². The third kappa shape index (κ3) is 8.35. The Labute approximate surface area is 243 Å². The maximum atomic E-state index is 14.0. The molecule has 4 rings (SSSR count). The van der Waals surface area contributed by atoms with Gasteiger partial charge in [0.1, 0.15) is 18.2 Å². The predicted octanol–water partition coefficient (Wildman–Crippen LogP) is 4.10. The molecule has 0 saturated carbocycles. The third-order valence-corrected chi connectivity index (χ3v) is 7.28. The van der Waals surface area contributed by atoms with E-state index >= 15 is 0 Å². The number of fused-ring (bicyclic) bond motifs is 1. The zero-order valence-electron chi connectivity index (χ0n) is 23.0. The van der Waals surface area contributed by atoms with Crippen LogP contribution in [0, 0.1) is 5.82 Å². The van der Waals surface area contributed by atoms with Crippen molar-refractivity contribution in [2.45, 2.75) is 45.3 Å². The number of amides is 3. The second-order valence-corrected chi connectivity index (χ2v) is 10.3. The maximum Gasteiger partial charge on any atom is 0.412 e. The van der Waals surface area contributed by atoms with Gasteiger partial charge in [-0.3, -0.25) is 19.9 Å². The van der Waals surface area contributed by atoms with Crippen molar-refractivity contribution in [3.63, 3.8) is 0 Å². The van der Waals surface area contributed by atoms with E-state index in [2.05, 4.69) is 21.0 Å². The molecule has 41 heavy (non-hydrogen) atoms. The number of rotatable bonds is 10. The number of anilines is 1. The van der Waals surface area contributed by atoms with Crippen LogP contribution in [0.25, 0.3) is 10.8 Å². The van der Waals surface area contributed by atoms with Gasteiger partial charge in [0.25, 0.3) is 0 Å². The molecule has 10 nitrogen and oxygen atoms in total. The Bertz CT molecular complexity index is 1390. The van der Waals surface area contributed by atoms with Crippen molar-refractivity contribution in [1.82, 2.24) is 25.6 Å². The van der Waals surface area contributed by atoms with E-state index in [0.29, 0.717) is 31.0 Å². The van der Waals surface area contributed by atoms with Crippen LogP contribution in [-0.2, 0) is 20.9 Å². The number of benzene rings is 2. The summed E-state index contributed by atoms with van der Waals surface area (Å²) in [7, 11) is 0. The summed E-state index contributed by atoms with van der Waals surface area (Å²) in [5, 5.41) is 8.99. The molecule has 1 aromatic heterocycles. The fourth-order valence-electron chi connectivity index (χ4n) is 4.71. The van der Waals surface area contributed by atoms with Crippen LogP contribution in [-0.4, -0.2) is 71.1 Å². The number of pyridine rings is 1. The number of hydrazine groups is 1. The van der Waals surface area contributed by atoms with Crippen LogP contribution in [0.2, 0.25) is 5.02 Å². The van der Waals surface area contributed by atoms with E-state index in [1.54, 1.807) is 23.2 Å². The highest BCUT2D eigenvalue weighted by molar-refractivity contribution is 6.31. The summed E-state index contributed by atoms with van der Waals surface area (Å²) < 4.78 is 19.4. The molecule has 0 radical (unpaired) electrons. The molecule has 2 atom stereocenters. The molecule has 2 aromatic carbocycles. The number of nitrogens with zero attached hydrogens (tertiary/aromatic N) is 3. The molecule has 1 fully saturated rings. The number of halogens is 2. The van der Waals surface area contributed by atoms with Gasteiger partial charge in [0.05, 0.1) is 11.1 Å². The molecule has 12 heteroatoms. The highest BCUT2D eigenvalue weighted by atomic mass is 35.5. The Morgan fingerprint density at radius 2 is 2.00 bits per heavy atom. The van der Waals surface area contributed by atoms with Crippen LogP contribution in [0.5, 0.6) is 0 Å². The zero-order valence-corrected chi connectivity index (χ0v) is 23.8. The van der Waals surface area contributed by atoms with E-state index in [9.17, 15) is 18.8 Å². The Balaban J connectivity index is 1.44. The number of aromatic nitrogens is 1. The van der Waals surface area contributed by atoms with Gasteiger partial charge in [0, 0.05) is 57.1 Å². The second-order valence-electron chi connectivity index (χ2n) is 9.96. The normalized spacial score (nSPS) is 15.8. The molecule has 2 heterocycles. The first-order chi connectivity index (χ1) is 19.7. The Morgan fingerprint density at radius 3 is 2.76 bits per heavy atom. The molecule has 1 saturated heterocycles. The molecule has 1 aliphatic rings. The van der Waals surface area contributed by atoms with Crippen LogP contribution in [0.4, 0.5) is 15.0 Å². The molecule has 0 aliphatic carbocycles. The number of carbonyl (C=O) groups is 3. The molecule has 0 bridgehead atoms. The van der Waals surface area contributed by atoms with Crippen molar-refractivity contribution in [1.29, 1.82) is 0 Å².